The van der Waals surface area contributed by atoms with Crippen LogP contribution in [-0.4, -0.2) is 35.0 Å². The zero-order chi connectivity index (χ0) is 13.1. The zero-order valence-electron chi connectivity index (χ0n) is 9.97. The predicted octanol–water partition coefficient (Wildman–Crippen LogP) is 2.18. The Morgan fingerprint density at radius 3 is 2.32 bits per heavy atom. The molecule has 0 radical (unpaired) electrons. The Labute approximate surface area is 127 Å². The van der Waals surface area contributed by atoms with Crippen LogP contribution >= 0.6 is 0 Å². The fourth-order valence-electron chi connectivity index (χ4n) is 1.55. The van der Waals surface area contributed by atoms with Crippen LogP contribution in [0.1, 0.15) is 17.3 Å². The summed E-state index contributed by atoms with van der Waals surface area (Å²) in [6.45, 7) is 4.92. The molecule has 0 aromatic heterocycles. The summed E-state index contributed by atoms with van der Waals surface area (Å²) in [6.07, 6.45) is 0. The second kappa shape index (κ2) is 6.49. The lowest BCUT2D eigenvalue weighted by molar-refractivity contribution is -0.133. The molecule has 2 aromatic rings. The lowest BCUT2D eigenvalue weighted by atomic mass is 10.1. The van der Waals surface area contributed by atoms with Crippen molar-refractivity contribution in [3.05, 3.63) is 60.2 Å². The molecule has 0 bridgehead atoms. The first-order valence-corrected chi connectivity index (χ1v) is 5.49. The van der Waals surface area contributed by atoms with E-state index in [-0.39, 0.29) is 28.6 Å². The van der Waals surface area contributed by atoms with E-state index < -0.39 is 11.9 Å². The van der Waals surface area contributed by atoms with Crippen molar-refractivity contribution >= 4 is 45.8 Å². The van der Waals surface area contributed by atoms with E-state index in [2.05, 4.69) is 11.3 Å². The van der Waals surface area contributed by atoms with Crippen molar-refractivity contribution in [2.24, 2.45) is 0 Å². The minimum absolute atomic E-state index is 0. The van der Waals surface area contributed by atoms with E-state index in [1.54, 1.807) is 12.1 Å². The standard InChI is InChI=1S/C15H12O3.Mg.2H/c1-10(2)14(16)18-15(17)13-8-7-11-5-3-4-6-12(11)9-13;;;/h3-9H,1H2,2H3;;;. The minimum atomic E-state index is -0.701. The van der Waals surface area contributed by atoms with Crippen LogP contribution < -0.4 is 0 Å². The zero-order valence-corrected chi connectivity index (χ0v) is 9.97. The number of carbonyl (C=O) groups is 2. The third-order valence-electron chi connectivity index (χ3n) is 2.52. The van der Waals surface area contributed by atoms with Crippen molar-refractivity contribution in [2.45, 2.75) is 6.92 Å². The van der Waals surface area contributed by atoms with Gasteiger partial charge in [0.25, 0.3) is 0 Å². The molecule has 0 aliphatic carbocycles. The van der Waals surface area contributed by atoms with Crippen LogP contribution in [0.25, 0.3) is 10.8 Å². The van der Waals surface area contributed by atoms with Gasteiger partial charge in [0.15, 0.2) is 0 Å². The highest BCUT2D eigenvalue weighted by Crippen LogP contribution is 2.16. The summed E-state index contributed by atoms with van der Waals surface area (Å²) in [4.78, 5) is 23.0. The fourth-order valence-corrected chi connectivity index (χ4v) is 1.55. The smallest absolute Gasteiger partial charge is 0.346 e. The van der Waals surface area contributed by atoms with Gasteiger partial charge < -0.3 is 4.74 Å². The molecule has 0 unspecified atom stereocenters. The largest absolute Gasteiger partial charge is 0.386 e. The Morgan fingerprint density at radius 1 is 1.05 bits per heavy atom. The Morgan fingerprint density at radius 2 is 1.68 bits per heavy atom. The maximum atomic E-state index is 11.7. The van der Waals surface area contributed by atoms with Gasteiger partial charge in [0.2, 0.25) is 0 Å². The SMILES string of the molecule is C=C(C)C(=O)OC(=O)c1ccc2ccccc2c1.[MgH2]. The summed E-state index contributed by atoms with van der Waals surface area (Å²) >= 11 is 0. The summed E-state index contributed by atoms with van der Waals surface area (Å²) < 4.78 is 4.67. The molecule has 0 saturated heterocycles. The molecule has 0 atom stereocenters. The van der Waals surface area contributed by atoms with Gasteiger partial charge in [-0.3, -0.25) is 0 Å². The second-order valence-corrected chi connectivity index (χ2v) is 4.02. The van der Waals surface area contributed by atoms with E-state index in [1.807, 2.05) is 30.3 Å². The van der Waals surface area contributed by atoms with Gasteiger partial charge in [-0.25, -0.2) is 9.59 Å². The van der Waals surface area contributed by atoms with Crippen LogP contribution in [-0.2, 0) is 9.53 Å². The van der Waals surface area contributed by atoms with E-state index in [4.69, 9.17) is 0 Å². The molecule has 0 aliphatic rings. The van der Waals surface area contributed by atoms with E-state index in [1.165, 1.54) is 6.92 Å². The number of hydrogen-bond acceptors (Lipinski definition) is 3. The summed E-state index contributed by atoms with van der Waals surface area (Å²) in [5.41, 5.74) is 0.549. The van der Waals surface area contributed by atoms with E-state index in [9.17, 15) is 9.59 Å². The van der Waals surface area contributed by atoms with Gasteiger partial charge in [-0.1, -0.05) is 36.9 Å². The van der Waals surface area contributed by atoms with Gasteiger partial charge in [-0.15, -0.1) is 0 Å². The topological polar surface area (TPSA) is 43.4 Å². The number of fused-ring (bicyclic) bond motifs is 1. The number of esters is 2. The molecule has 0 fully saturated rings. The number of benzene rings is 2. The van der Waals surface area contributed by atoms with E-state index >= 15 is 0 Å². The van der Waals surface area contributed by atoms with Crippen LogP contribution in [0.15, 0.2) is 54.6 Å². The maximum absolute atomic E-state index is 11.7. The monoisotopic (exact) mass is 266 g/mol. The normalized spacial score (nSPS) is 9.53. The lowest BCUT2D eigenvalue weighted by Gasteiger charge is -2.04. The number of ether oxygens (including phenoxy) is 1. The predicted molar refractivity (Wildman–Crippen MR) is 77.7 cm³/mol. The van der Waals surface area contributed by atoms with Gasteiger partial charge in [0.05, 0.1) is 5.56 Å². The van der Waals surface area contributed by atoms with Crippen molar-refractivity contribution in [3.63, 3.8) is 0 Å². The third-order valence-corrected chi connectivity index (χ3v) is 2.52. The van der Waals surface area contributed by atoms with Crippen molar-refractivity contribution in [1.29, 1.82) is 0 Å². The number of carbonyl (C=O) groups excluding carboxylic acids is 2. The highest BCUT2D eigenvalue weighted by atomic mass is 24.3. The van der Waals surface area contributed by atoms with Crippen molar-refractivity contribution in [3.8, 4) is 0 Å². The molecule has 0 saturated carbocycles. The van der Waals surface area contributed by atoms with Gasteiger partial charge in [0, 0.05) is 5.57 Å². The van der Waals surface area contributed by atoms with Crippen molar-refractivity contribution in [2.75, 3.05) is 0 Å². The van der Waals surface area contributed by atoms with E-state index in [0.717, 1.165) is 10.8 Å². The molecule has 4 heteroatoms. The third kappa shape index (κ3) is 3.65. The average Bonchev–Trinajstić information content (AvgIpc) is 2.37. The summed E-state index contributed by atoms with van der Waals surface area (Å²) in [5.74, 6) is -1.36. The quantitative estimate of drug-likeness (QED) is 0.362. The summed E-state index contributed by atoms with van der Waals surface area (Å²) in [7, 11) is 0. The highest BCUT2D eigenvalue weighted by Gasteiger charge is 2.13. The van der Waals surface area contributed by atoms with Crippen molar-refractivity contribution < 1.29 is 14.3 Å². The molecule has 0 aliphatic heterocycles. The highest BCUT2D eigenvalue weighted by molar-refractivity contribution is 6.03. The molecular weight excluding hydrogens is 252 g/mol. The van der Waals surface area contributed by atoms with Crippen LogP contribution in [0, 0.1) is 0 Å². The van der Waals surface area contributed by atoms with Crippen LogP contribution in [0.5, 0.6) is 0 Å². The first kappa shape index (κ1) is 15.4. The molecule has 0 spiro atoms. The second-order valence-electron chi connectivity index (χ2n) is 4.02. The van der Waals surface area contributed by atoms with Crippen LogP contribution in [0.4, 0.5) is 0 Å². The summed E-state index contributed by atoms with van der Waals surface area (Å²) in [6, 6.07) is 12.8. The molecule has 0 amide bonds. The summed E-state index contributed by atoms with van der Waals surface area (Å²) in [5, 5.41) is 1.95. The van der Waals surface area contributed by atoms with Gasteiger partial charge in [-0.05, 0) is 29.8 Å². The molecule has 3 nitrogen and oxygen atoms in total. The number of rotatable bonds is 2. The van der Waals surface area contributed by atoms with Crippen LogP contribution in [0.2, 0.25) is 0 Å². The minimum Gasteiger partial charge on any atom is -0.386 e. The maximum Gasteiger partial charge on any atom is 0.346 e. The molecule has 2 rings (SSSR count). The Bertz CT molecular complexity index is 647. The Hall–Kier alpha value is -1.65. The average molecular weight is 267 g/mol. The Kier molecular flexibility index (Phi) is 5.27. The van der Waals surface area contributed by atoms with Gasteiger partial charge in [0.1, 0.15) is 0 Å². The van der Waals surface area contributed by atoms with Gasteiger partial charge >= 0.3 is 35.0 Å². The number of hydrogen-bond donors (Lipinski definition) is 0. The molecule has 2 aromatic carbocycles. The van der Waals surface area contributed by atoms with E-state index in [0.29, 0.717) is 5.56 Å². The molecule has 0 N–H and O–H groups in total. The Balaban J connectivity index is 0.00000180. The molecule has 94 valence electrons. The fraction of sp³-hybridized carbons (Fsp3) is 0.0667. The lowest BCUT2D eigenvalue weighted by Crippen LogP contribution is -2.12. The molecule has 19 heavy (non-hydrogen) atoms. The first-order valence-electron chi connectivity index (χ1n) is 5.49. The van der Waals surface area contributed by atoms with Crippen molar-refractivity contribution in [1.82, 2.24) is 0 Å². The van der Waals surface area contributed by atoms with Gasteiger partial charge in [-0.2, -0.15) is 0 Å². The molecular formula is C15H14MgO3. The first-order chi connectivity index (χ1) is 8.58. The molecule has 0 heterocycles. The van der Waals surface area contributed by atoms with Crippen LogP contribution in [0.3, 0.4) is 0 Å².